The van der Waals surface area contributed by atoms with Crippen LogP contribution in [0.3, 0.4) is 0 Å². The summed E-state index contributed by atoms with van der Waals surface area (Å²) in [5, 5.41) is 1.21. The molecule has 0 saturated carbocycles. The predicted molar refractivity (Wildman–Crippen MR) is 63.3 cm³/mol. The summed E-state index contributed by atoms with van der Waals surface area (Å²) in [6.45, 7) is 5.46. The highest BCUT2D eigenvalue weighted by molar-refractivity contribution is 7.17. The number of rotatable bonds is 2. The lowest BCUT2D eigenvalue weighted by Crippen LogP contribution is -2.34. The molecule has 0 saturated heterocycles. The Morgan fingerprint density at radius 2 is 2.12 bits per heavy atom. The maximum atomic E-state index is 11.7. The summed E-state index contributed by atoms with van der Waals surface area (Å²) < 4.78 is 10.2. The molecule has 0 aliphatic rings. The zero-order valence-corrected chi connectivity index (χ0v) is 10.9. The zero-order valence-electron chi connectivity index (χ0n) is 10.1. The zero-order chi connectivity index (χ0) is 12.3. The van der Waals surface area contributed by atoms with Gasteiger partial charge in [0.25, 0.3) is 0 Å². The number of aromatic nitrogens is 1. The molecule has 0 N–H and O–H groups in total. The third-order valence-electron chi connectivity index (χ3n) is 1.63. The Morgan fingerprint density at radius 3 is 2.56 bits per heavy atom. The average molecular weight is 244 g/mol. The van der Waals surface area contributed by atoms with Gasteiger partial charge in [0.15, 0.2) is 10.2 Å². The highest BCUT2D eigenvalue weighted by Crippen LogP contribution is 2.28. The van der Waals surface area contributed by atoms with E-state index in [1.54, 1.807) is 20.4 Å². The third-order valence-corrected chi connectivity index (χ3v) is 2.66. The van der Waals surface area contributed by atoms with E-state index in [-0.39, 0.29) is 0 Å². The molecule has 1 aromatic heterocycles. The SMILES string of the molecule is COc1cnc(N(C)C(=O)OC(C)(C)C)s1. The van der Waals surface area contributed by atoms with Crippen LogP contribution in [0.5, 0.6) is 5.06 Å². The first kappa shape index (κ1) is 12.8. The van der Waals surface area contributed by atoms with E-state index in [2.05, 4.69) is 4.98 Å². The van der Waals surface area contributed by atoms with Gasteiger partial charge in [-0.1, -0.05) is 11.3 Å². The lowest BCUT2D eigenvalue weighted by molar-refractivity contribution is 0.0589. The van der Waals surface area contributed by atoms with Crippen LogP contribution in [-0.2, 0) is 4.74 Å². The number of thiazole rings is 1. The maximum Gasteiger partial charge on any atom is 0.416 e. The van der Waals surface area contributed by atoms with Crippen molar-refractivity contribution in [2.75, 3.05) is 19.1 Å². The van der Waals surface area contributed by atoms with Crippen molar-refractivity contribution >= 4 is 22.6 Å². The molecular weight excluding hydrogens is 228 g/mol. The van der Waals surface area contributed by atoms with Gasteiger partial charge in [0.2, 0.25) is 0 Å². The van der Waals surface area contributed by atoms with Crippen LogP contribution in [0.1, 0.15) is 20.8 Å². The predicted octanol–water partition coefficient (Wildman–Crippen LogP) is 2.52. The third kappa shape index (κ3) is 3.37. The van der Waals surface area contributed by atoms with Gasteiger partial charge in [0, 0.05) is 7.05 Å². The molecule has 0 aliphatic heterocycles. The van der Waals surface area contributed by atoms with Crippen molar-refractivity contribution in [1.82, 2.24) is 4.98 Å². The van der Waals surface area contributed by atoms with Crippen LogP contribution in [0.15, 0.2) is 6.20 Å². The van der Waals surface area contributed by atoms with Gasteiger partial charge in [-0.25, -0.2) is 9.78 Å². The average Bonchev–Trinajstić information content (AvgIpc) is 2.61. The van der Waals surface area contributed by atoms with Crippen molar-refractivity contribution in [3.63, 3.8) is 0 Å². The minimum Gasteiger partial charge on any atom is -0.486 e. The second kappa shape index (κ2) is 4.69. The van der Waals surface area contributed by atoms with Crippen LogP contribution in [0, 0.1) is 0 Å². The standard InChI is InChI=1S/C10H16N2O3S/c1-10(2,3)15-9(13)12(4)8-11-6-7(14-5)16-8/h6H,1-5H3. The number of anilines is 1. The molecule has 16 heavy (non-hydrogen) atoms. The van der Waals surface area contributed by atoms with E-state index in [1.807, 2.05) is 20.8 Å². The molecule has 5 nitrogen and oxygen atoms in total. The van der Waals surface area contributed by atoms with Crippen molar-refractivity contribution in [2.24, 2.45) is 0 Å². The van der Waals surface area contributed by atoms with Crippen molar-refractivity contribution in [1.29, 1.82) is 0 Å². The maximum absolute atomic E-state index is 11.7. The largest absolute Gasteiger partial charge is 0.486 e. The van der Waals surface area contributed by atoms with Crippen LogP contribution in [-0.4, -0.2) is 30.8 Å². The minimum absolute atomic E-state index is 0.426. The summed E-state index contributed by atoms with van der Waals surface area (Å²) in [5.41, 5.74) is -0.507. The lowest BCUT2D eigenvalue weighted by atomic mass is 10.2. The van der Waals surface area contributed by atoms with Crippen molar-refractivity contribution in [3.8, 4) is 5.06 Å². The van der Waals surface area contributed by atoms with E-state index in [1.165, 1.54) is 16.2 Å². The van der Waals surface area contributed by atoms with E-state index >= 15 is 0 Å². The van der Waals surface area contributed by atoms with Crippen molar-refractivity contribution in [3.05, 3.63) is 6.20 Å². The monoisotopic (exact) mass is 244 g/mol. The molecule has 0 fully saturated rings. The van der Waals surface area contributed by atoms with Crippen LogP contribution in [0.25, 0.3) is 0 Å². The molecule has 0 unspecified atom stereocenters. The summed E-state index contributed by atoms with van der Waals surface area (Å²) in [6.07, 6.45) is 1.14. The Kier molecular flexibility index (Phi) is 3.74. The molecule has 0 atom stereocenters. The molecule has 1 aromatic rings. The van der Waals surface area contributed by atoms with Crippen molar-refractivity contribution < 1.29 is 14.3 Å². The van der Waals surface area contributed by atoms with E-state index < -0.39 is 11.7 Å². The molecule has 6 heteroatoms. The second-order valence-corrected chi connectivity index (χ2v) is 5.18. The van der Waals surface area contributed by atoms with Gasteiger partial charge in [-0.2, -0.15) is 0 Å². The molecule has 1 heterocycles. The summed E-state index contributed by atoms with van der Waals surface area (Å²) in [6, 6.07) is 0. The van der Waals surface area contributed by atoms with Gasteiger partial charge < -0.3 is 9.47 Å². The van der Waals surface area contributed by atoms with Crippen LogP contribution in [0.2, 0.25) is 0 Å². The Hall–Kier alpha value is -1.30. The Morgan fingerprint density at radius 1 is 1.50 bits per heavy atom. The Labute approximate surface area is 99.0 Å². The molecule has 0 aromatic carbocycles. The first-order valence-corrected chi connectivity index (χ1v) is 5.61. The first-order chi connectivity index (χ1) is 7.33. The Balaban J connectivity index is 2.70. The van der Waals surface area contributed by atoms with E-state index in [0.29, 0.717) is 10.2 Å². The van der Waals surface area contributed by atoms with Crippen molar-refractivity contribution in [2.45, 2.75) is 26.4 Å². The van der Waals surface area contributed by atoms with Gasteiger partial charge in [-0.15, -0.1) is 0 Å². The molecule has 0 radical (unpaired) electrons. The molecule has 1 rings (SSSR count). The first-order valence-electron chi connectivity index (χ1n) is 4.80. The number of carbonyl (C=O) groups is 1. The normalized spacial score (nSPS) is 11.1. The van der Waals surface area contributed by atoms with Gasteiger partial charge in [-0.05, 0) is 20.8 Å². The van der Waals surface area contributed by atoms with Gasteiger partial charge in [0.05, 0.1) is 13.3 Å². The van der Waals surface area contributed by atoms with Gasteiger partial charge >= 0.3 is 6.09 Å². The van der Waals surface area contributed by atoms with Crippen LogP contribution < -0.4 is 9.64 Å². The minimum atomic E-state index is -0.507. The van der Waals surface area contributed by atoms with E-state index in [0.717, 1.165) is 0 Å². The molecular formula is C10H16N2O3S. The number of ether oxygens (including phenoxy) is 2. The number of carbonyl (C=O) groups excluding carboxylic acids is 1. The smallest absolute Gasteiger partial charge is 0.416 e. The number of hydrogen-bond acceptors (Lipinski definition) is 5. The molecule has 90 valence electrons. The number of nitrogens with zero attached hydrogens (tertiary/aromatic N) is 2. The summed E-state index contributed by atoms with van der Waals surface area (Å²) in [4.78, 5) is 17.1. The molecule has 0 aliphatic carbocycles. The molecule has 0 spiro atoms. The number of hydrogen-bond donors (Lipinski definition) is 0. The quantitative estimate of drug-likeness (QED) is 0.802. The fraction of sp³-hybridized carbons (Fsp3) is 0.600. The van der Waals surface area contributed by atoms with E-state index in [9.17, 15) is 4.79 Å². The number of methoxy groups -OCH3 is 1. The summed E-state index contributed by atoms with van der Waals surface area (Å²) >= 11 is 1.29. The fourth-order valence-corrected chi connectivity index (χ4v) is 1.59. The Bertz CT molecular complexity index is 370. The fourth-order valence-electron chi connectivity index (χ4n) is 0.909. The number of amides is 1. The summed E-state index contributed by atoms with van der Waals surface area (Å²) in [5.74, 6) is 0. The lowest BCUT2D eigenvalue weighted by Gasteiger charge is -2.23. The highest BCUT2D eigenvalue weighted by Gasteiger charge is 2.22. The molecule has 0 bridgehead atoms. The molecule has 1 amide bonds. The van der Waals surface area contributed by atoms with E-state index in [4.69, 9.17) is 9.47 Å². The summed E-state index contributed by atoms with van der Waals surface area (Å²) in [7, 11) is 3.18. The van der Waals surface area contributed by atoms with Crippen LogP contribution in [0.4, 0.5) is 9.93 Å². The van der Waals surface area contributed by atoms with Gasteiger partial charge in [0.1, 0.15) is 5.60 Å². The topological polar surface area (TPSA) is 51.7 Å². The van der Waals surface area contributed by atoms with Crippen LogP contribution >= 0.6 is 11.3 Å². The van der Waals surface area contributed by atoms with Gasteiger partial charge in [-0.3, -0.25) is 4.90 Å². The second-order valence-electron chi connectivity index (χ2n) is 4.21. The highest BCUT2D eigenvalue weighted by atomic mass is 32.1.